The molecule has 0 unspecified atom stereocenters. The van der Waals surface area contributed by atoms with Crippen LogP contribution in [0.5, 0.6) is 0 Å². The van der Waals surface area contributed by atoms with Gasteiger partial charge in [-0.05, 0) is 61.6 Å². The van der Waals surface area contributed by atoms with Crippen LogP contribution in [0.25, 0.3) is 22.5 Å². The Morgan fingerprint density at radius 3 is 2.62 bits per heavy atom. The molecule has 1 aliphatic carbocycles. The number of hydrogen-bond acceptors (Lipinski definition) is 5. The highest BCUT2D eigenvalue weighted by atomic mass is 16.1. The molecule has 3 aromatic heterocycles. The molecular weight excluding hydrogens is 424 g/mol. The summed E-state index contributed by atoms with van der Waals surface area (Å²) in [5, 5.41) is 11.4. The Kier molecular flexibility index (Phi) is 6.16. The number of benzene rings is 1. The van der Waals surface area contributed by atoms with E-state index in [4.69, 9.17) is 0 Å². The van der Waals surface area contributed by atoms with Crippen molar-refractivity contribution in [2.45, 2.75) is 51.5 Å². The largest absolute Gasteiger partial charge is 0.321 e. The maximum Gasteiger partial charge on any atom is 0.274 e. The molecule has 4 aromatic rings. The molecule has 1 fully saturated rings. The molecule has 1 amide bonds. The van der Waals surface area contributed by atoms with E-state index < -0.39 is 0 Å². The van der Waals surface area contributed by atoms with Gasteiger partial charge in [-0.1, -0.05) is 32.0 Å². The summed E-state index contributed by atoms with van der Waals surface area (Å²) >= 11 is 0. The minimum atomic E-state index is -0.261. The number of carbonyl (C=O) groups excluding carboxylic acids is 1. The van der Waals surface area contributed by atoms with Crippen LogP contribution in [0, 0.1) is 0 Å². The van der Waals surface area contributed by atoms with Gasteiger partial charge in [0.15, 0.2) is 5.82 Å². The van der Waals surface area contributed by atoms with Gasteiger partial charge in [-0.3, -0.25) is 14.8 Å². The van der Waals surface area contributed by atoms with Crippen molar-refractivity contribution in [1.29, 1.82) is 0 Å². The van der Waals surface area contributed by atoms with E-state index in [1.54, 1.807) is 18.6 Å². The number of rotatable bonds is 8. The maximum atomic E-state index is 13.0. The molecule has 7 nitrogen and oxygen atoms in total. The maximum absolute atomic E-state index is 13.0. The zero-order valence-corrected chi connectivity index (χ0v) is 19.5. The third-order valence-corrected chi connectivity index (χ3v) is 6.40. The molecule has 5 rings (SSSR count). The Labute approximate surface area is 199 Å². The van der Waals surface area contributed by atoms with Gasteiger partial charge in [0, 0.05) is 46.9 Å². The smallest absolute Gasteiger partial charge is 0.274 e. The number of anilines is 1. The summed E-state index contributed by atoms with van der Waals surface area (Å²) in [6.07, 6.45) is 9.77. The molecule has 7 heteroatoms. The summed E-state index contributed by atoms with van der Waals surface area (Å²) in [6.45, 7) is 4.32. The van der Waals surface area contributed by atoms with Crippen LogP contribution in [0.3, 0.4) is 0 Å². The molecule has 0 atom stereocenters. The highest BCUT2D eigenvalue weighted by molar-refractivity contribution is 6.03. The predicted octanol–water partition coefficient (Wildman–Crippen LogP) is 5.89. The van der Waals surface area contributed by atoms with Gasteiger partial charge in [0.05, 0.1) is 0 Å². The summed E-state index contributed by atoms with van der Waals surface area (Å²) in [5.74, 6) is 1.15. The van der Waals surface area contributed by atoms with Crippen molar-refractivity contribution in [3.63, 3.8) is 0 Å². The lowest BCUT2D eigenvalue weighted by molar-refractivity contribution is 0.102. The van der Waals surface area contributed by atoms with Crippen molar-refractivity contribution >= 4 is 11.6 Å². The van der Waals surface area contributed by atoms with E-state index in [1.807, 2.05) is 36.5 Å². The summed E-state index contributed by atoms with van der Waals surface area (Å²) in [6, 6.07) is 15.9. The minimum absolute atomic E-state index is 0.261. The Morgan fingerprint density at radius 1 is 1.03 bits per heavy atom. The molecule has 0 spiro atoms. The van der Waals surface area contributed by atoms with Gasteiger partial charge in [0.25, 0.3) is 5.91 Å². The molecule has 172 valence electrons. The lowest BCUT2D eigenvalue weighted by Crippen LogP contribution is -2.14. The van der Waals surface area contributed by atoms with Gasteiger partial charge in [-0.2, -0.15) is 0 Å². The van der Waals surface area contributed by atoms with E-state index in [9.17, 15) is 4.79 Å². The quantitative estimate of drug-likeness (QED) is 0.360. The zero-order chi connectivity index (χ0) is 23.5. The monoisotopic (exact) mass is 452 g/mol. The number of aromatic nitrogens is 5. The normalized spacial score (nSPS) is 13.3. The van der Waals surface area contributed by atoms with Crippen LogP contribution in [0.2, 0.25) is 0 Å². The first-order chi connectivity index (χ1) is 16.7. The third-order valence-electron chi connectivity index (χ3n) is 6.40. The van der Waals surface area contributed by atoms with Crippen LogP contribution in [0.4, 0.5) is 5.69 Å². The minimum Gasteiger partial charge on any atom is -0.321 e. The van der Waals surface area contributed by atoms with Crippen molar-refractivity contribution < 1.29 is 4.79 Å². The molecule has 1 aromatic carbocycles. The van der Waals surface area contributed by atoms with Crippen LogP contribution in [0.15, 0.2) is 67.3 Å². The highest BCUT2D eigenvalue weighted by Crippen LogP contribution is 2.39. The number of nitrogens with zero attached hydrogens (tertiary/aromatic N) is 5. The van der Waals surface area contributed by atoms with Gasteiger partial charge in [-0.25, -0.2) is 0 Å². The van der Waals surface area contributed by atoms with Crippen molar-refractivity contribution in [2.24, 2.45) is 0 Å². The van der Waals surface area contributed by atoms with E-state index >= 15 is 0 Å². The molecule has 0 aliphatic heterocycles. The fourth-order valence-corrected chi connectivity index (χ4v) is 4.26. The summed E-state index contributed by atoms with van der Waals surface area (Å²) in [7, 11) is 0. The van der Waals surface area contributed by atoms with Crippen molar-refractivity contribution in [3.8, 4) is 22.5 Å². The fraction of sp³-hybridized carbons (Fsp3) is 0.296. The first-order valence-electron chi connectivity index (χ1n) is 11.9. The Morgan fingerprint density at radius 2 is 1.88 bits per heavy atom. The molecular formula is C27H28N6O. The van der Waals surface area contributed by atoms with E-state index in [-0.39, 0.29) is 5.91 Å². The van der Waals surface area contributed by atoms with Gasteiger partial charge in [0.2, 0.25) is 0 Å². The second-order valence-corrected chi connectivity index (χ2v) is 8.74. The molecule has 1 N–H and O–H groups in total. The lowest BCUT2D eigenvalue weighted by atomic mass is 10.1. The molecule has 0 radical (unpaired) electrons. The summed E-state index contributed by atoms with van der Waals surface area (Å²) < 4.78 is 2.11. The summed E-state index contributed by atoms with van der Waals surface area (Å²) in [5.41, 5.74) is 4.99. The predicted molar refractivity (Wildman–Crippen MR) is 132 cm³/mol. The van der Waals surface area contributed by atoms with Gasteiger partial charge in [-0.15, -0.1) is 10.2 Å². The third kappa shape index (κ3) is 4.59. The second kappa shape index (κ2) is 9.55. The van der Waals surface area contributed by atoms with E-state index in [1.165, 1.54) is 12.8 Å². The zero-order valence-electron chi connectivity index (χ0n) is 19.5. The Bertz CT molecular complexity index is 1290. The number of amides is 1. The Balaban J connectivity index is 1.34. The van der Waals surface area contributed by atoms with Crippen LogP contribution in [-0.4, -0.2) is 30.6 Å². The van der Waals surface area contributed by atoms with Crippen molar-refractivity contribution in [3.05, 3.63) is 78.6 Å². The molecule has 0 saturated heterocycles. The van der Waals surface area contributed by atoms with Crippen molar-refractivity contribution in [1.82, 2.24) is 24.7 Å². The number of carbonyl (C=O) groups is 1. The average Bonchev–Trinajstić information content (AvgIpc) is 3.62. The number of hydrogen-bond donors (Lipinski definition) is 1. The second-order valence-electron chi connectivity index (χ2n) is 8.74. The van der Waals surface area contributed by atoms with Gasteiger partial charge in [0.1, 0.15) is 12.0 Å². The molecule has 1 aliphatic rings. The average molecular weight is 453 g/mol. The number of pyridine rings is 2. The van der Waals surface area contributed by atoms with E-state index in [0.717, 1.165) is 41.1 Å². The molecule has 0 bridgehead atoms. The van der Waals surface area contributed by atoms with Crippen LogP contribution < -0.4 is 5.32 Å². The SMILES string of the molecule is CCC(CC)n1cnnc1-c1cccc(NC(=O)c2cc(-c3ccc(C4CC4)nc3)ccn2)c1. The van der Waals surface area contributed by atoms with Gasteiger partial charge < -0.3 is 9.88 Å². The van der Waals surface area contributed by atoms with Crippen molar-refractivity contribution in [2.75, 3.05) is 5.32 Å². The van der Waals surface area contributed by atoms with Crippen LogP contribution in [0.1, 0.15) is 67.7 Å². The van der Waals surface area contributed by atoms with Gasteiger partial charge >= 0.3 is 0 Å². The lowest BCUT2D eigenvalue weighted by Gasteiger charge is -2.16. The molecule has 34 heavy (non-hydrogen) atoms. The molecule has 1 saturated carbocycles. The first-order valence-corrected chi connectivity index (χ1v) is 11.9. The first kappa shape index (κ1) is 21.9. The topological polar surface area (TPSA) is 85.6 Å². The fourth-order valence-electron chi connectivity index (χ4n) is 4.26. The van der Waals surface area contributed by atoms with Crippen LogP contribution in [-0.2, 0) is 0 Å². The standard InChI is InChI=1S/C27H28N6O/c1-3-23(4-2)33-17-30-32-26(33)20-6-5-7-22(14-20)31-27(34)25-15-19(12-13-28-25)21-10-11-24(29-16-21)18-8-9-18/h5-7,10-18,23H,3-4,8-9H2,1-2H3,(H,31,34). The highest BCUT2D eigenvalue weighted by Gasteiger charge is 2.24. The Hall–Kier alpha value is -3.87. The van der Waals surface area contributed by atoms with Crippen LogP contribution >= 0.6 is 0 Å². The number of nitrogens with one attached hydrogen (secondary N) is 1. The van der Waals surface area contributed by atoms with E-state index in [0.29, 0.717) is 23.3 Å². The summed E-state index contributed by atoms with van der Waals surface area (Å²) in [4.78, 5) is 21.9. The van der Waals surface area contributed by atoms with E-state index in [2.05, 4.69) is 56.0 Å². The molecule has 3 heterocycles.